The number of benzene rings is 2. The summed E-state index contributed by atoms with van der Waals surface area (Å²) in [5.41, 5.74) is 6.59. The highest BCUT2D eigenvalue weighted by molar-refractivity contribution is 5.90. The smallest absolute Gasteiger partial charge is 0.127 e. The Labute approximate surface area is 119 Å². The van der Waals surface area contributed by atoms with Crippen LogP contribution in [-0.2, 0) is 4.74 Å². The Balaban J connectivity index is 1.65. The van der Waals surface area contributed by atoms with Crippen LogP contribution in [0.25, 0.3) is 10.8 Å². The molecule has 0 spiro atoms. The normalized spacial score (nSPS) is 16.4. The summed E-state index contributed by atoms with van der Waals surface area (Å²) >= 11 is 0. The second-order valence-electron chi connectivity index (χ2n) is 5.04. The summed E-state index contributed by atoms with van der Waals surface area (Å²) in [6.07, 6.45) is 0. The Kier molecular flexibility index (Phi) is 4.04. The van der Waals surface area contributed by atoms with E-state index in [4.69, 9.17) is 15.2 Å². The molecule has 0 aromatic heterocycles. The number of nitrogens with zero attached hydrogens (tertiary/aromatic N) is 1. The van der Waals surface area contributed by atoms with Gasteiger partial charge in [-0.15, -0.1) is 0 Å². The number of anilines is 1. The Hall–Kier alpha value is -1.78. The number of rotatable bonds is 4. The maximum atomic E-state index is 5.94. The van der Waals surface area contributed by atoms with Gasteiger partial charge in [-0.25, -0.2) is 0 Å². The van der Waals surface area contributed by atoms with Crippen LogP contribution in [0.1, 0.15) is 0 Å². The van der Waals surface area contributed by atoms with E-state index >= 15 is 0 Å². The Morgan fingerprint density at radius 3 is 2.85 bits per heavy atom. The number of fused-ring (bicyclic) bond motifs is 1. The molecule has 1 saturated heterocycles. The maximum absolute atomic E-state index is 5.94. The molecule has 2 aromatic rings. The van der Waals surface area contributed by atoms with Crippen LogP contribution in [-0.4, -0.2) is 44.4 Å². The quantitative estimate of drug-likeness (QED) is 0.866. The summed E-state index contributed by atoms with van der Waals surface area (Å²) in [5, 5.41) is 2.23. The average molecular weight is 272 g/mol. The van der Waals surface area contributed by atoms with Crippen molar-refractivity contribution >= 4 is 16.5 Å². The van der Waals surface area contributed by atoms with E-state index in [1.807, 2.05) is 30.3 Å². The third-order valence-corrected chi connectivity index (χ3v) is 3.63. The van der Waals surface area contributed by atoms with E-state index in [1.54, 1.807) is 0 Å². The number of nitrogen functional groups attached to an aromatic ring is 1. The minimum Gasteiger partial charge on any atom is -0.492 e. The van der Waals surface area contributed by atoms with Gasteiger partial charge in [-0.1, -0.05) is 12.1 Å². The lowest BCUT2D eigenvalue weighted by Gasteiger charge is -2.26. The standard InChI is InChI=1S/C16H20N2O2/c17-14-4-5-15-13(12-14)2-1-3-16(15)20-11-8-18-6-9-19-10-7-18/h1-5,12H,6-11,17H2. The number of morpholine rings is 1. The molecule has 0 aliphatic carbocycles. The molecule has 2 aromatic carbocycles. The van der Waals surface area contributed by atoms with E-state index in [-0.39, 0.29) is 0 Å². The first-order chi connectivity index (χ1) is 9.83. The zero-order valence-corrected chi connectivity index (χ0v) is 11.5. The van der Waals surface area contributed by atoms with E-state index < -0.39 is 0 Å². The van der Waals surface area contributed by atoms with Gasteiger partial charge in [-0.05, 0) is 29.7 Å². The van der Waals surface area contributed by atoms with Crippen LogP contribution in [0.2, 0.25) is 0 Å². The van der Waals surface area contributed by atoms with E-state index in [9.17, 15) is 0 Å². The van der Waals surface area contributed by atoms with Crippen LogP contribution in [0.15, 0.2) is 36.4 Å². The fourth-order valence-corrected chi connectivity index (χ4v) is 2.51. The molecule has 0 unspecified atom stereocenters. The predicted octanol–water partition coefficient (Wildman–Crippen LogP) is 2.13. The van der Waals surface area contributed by atoms with Crippen molar-refractivity contribution in [1.29, 1.82) is 0 Å². The van der Waals surface area contributed by atoms with Gasteiger partial charge in [0.05, 0.1) is 13.2 Å². The van der Waals surface area contributed by atoms with Gasteiger partial charge in [-0.3, -0.25) is 4.90 Å². The van der Waals surface area contributed by atoms with Crippen molar-refractivity contribution in [3.8, 4) is 5.75 Å². The summed E-state index contributed by atoms with van der Waals surface area (Å²) in [6.45, 7) is 5.28. The Bertz CT molecular complexity index is 580. The molecule has 4 nitrogen and oxygen atoms in total. The van der Waals surface area contributed by atoms with Gasteiger partial charge in [0.15, 0.2) is 0 Å². The molecule has 1 aliphatic rings. The molecule has 0 atom stereocenters. The van der Waals surface area contributed by atoms with Crippen molar-refractivity contribution in [3.63, 3.8) is 0 Å². The van der Waals surface area contributed by atoms with Gasteiger partial charge in [-0.2, -0.15) is 0 Å². The number of ether oxygens (including phenoxy) is 2. The fourth-order valence-electron chi connectivity index (χ4n) is 2.51. The Morgan fingerprint density at radius 2 is 2.00 bits per heavy atom. The van der Waals surface area contributed by atoms with Crippen LogP contribution in [0.4, 0.5) is 5.69 Å². The topological polar surface area (TPSA) is 47.7 Å². The number of hydrogen-bond acceptors (Lipinski definition) is 4. The lowest BCUT2D eigenvalue weighted by molar-refractivity contribution is 0.0323. The Morgan fingerprint density at radius 1 is 1.15 bits per heavy atom. The monoisotopic (exact) mass is 272 g/mol. The molecular weight excluding hydrogens is 252 g/mol. The summed E-state index contributed by atoms with van der Waals surface area (Å²) in [6, 6.07) is 12.0. The third-order valence-electron chi connectivity index (χ3n) is 3.63. The predicted molar refractivity (Wildman–Crippen MR) is 81.1 cm³/mol. The van der Waals surface area contributed by atoms with E-state index in [0.717, 1.165) is 55.1 Å². The molecule has 0 radical (unpaired) electrons. The lowest BCUT2D eigenvalue weighted by Crippen LogP contribution is -2.38. The minimum atomic E-state index is 0.698. The maximum Gasteiger partial charge on any atom is 0.127 e. The zero-order chi connectivity index (χ0) is 13.8. The summed E-state index contributed by atoms with van der Waals surface area (Å²) in [4.78, 5) is 2.37. The average Bonchev–Trinajstić information content (AvgIpc) is 2.48. The highest BCUT2D eigenvalue weighted by Gasteiger charge is 2.10. The van der Waals surface area contributed by atoms with E-state index in [1.165, 1.54) is 0 Å². The van der Waals surface area contributed by atoms with Crippen LogP contribution >= 0.6 is 0 Å². The second-order valence-corrected chi connectivity index (χ2v) is 5.04. The molecule has 1 fully saturated rings. The molecule has 2 N–H and O–H groups in total. The molecule has 1 heterocycles. The van der Waals surface area contributed by atoms with Gasteiger partial charge in [0, 0.05) is 30.7 Å². The van der Waals surface area contributed by atoms with Crippen molar-refractivity contribution in [2.75, 3.05) is 45.2 Å². The third kappa shape index (κ3) is 3.03. The van der Waals surface area contributed by atoms with Crippen molar-refractivity contribution in [2.45, 2.75) is 0 Å². The molecule has 106 valence electrons. The molecule has 0 amide bonds. The number of hydrogen-bond donors (Lipinski definition) is 1. The summed E-state index contributed by atoms with van der Waals surface area (Å²) < 4.78 is 11.3. The van der Waals surface area contributed by atoms with Gasteiger partial charge >= 0.3 is 0 Å². The first-order valence-electron chi connectivity index (χ1n) is 7.04. The molecule has 20 heavy (non-hydrogen) atoms. The van der Waals surface area contributed by atoms with Crippen molar-refractivity contribution in [2.24, 2.45) is 0 Å². The SMILES string of the molecule is Nc1ccc2c(OCCN3CCOCC3)cccc2c1. The van der Waals surface area contributed by atoms with Crippen molar-refractivity contribution in [1.82, 2.24) is 4.90 Å². The van der Waals surface area contributed by atoms with Gasteiger partial charge < -0.3 is 15.2 Å². The molecule has 0 bridgehead atoms. The zero-order valence-electron chi connectivity index (χ0n) is 11.5. The van der Waals surface area contributed by atoms with Crippen LogP contribution in [0, 0.1) is 0 Å². The fraction of sp³-hybridized carbons (Fsp3) is 0.375. The van der Waals surface area contributed by atoms with Crippen molar-refractivity contribution in [3.05, 3.63) is 36.4 Å². The summed E-state index contributed by atoms with van der Waals surface area (Å²) in [5.74, 6) is 0.927. The minimum absolute atomic E-state index is 0.698. The molecule has 0 saturated carbocycles. The van der Waals surface area contributed by atoms with Crippen molar-refractivity contribution < 1.29 is 9.47 Å². The van der Waals surface area contributed by atoms with Gasteiger partial charge in [0.25, 0.3) is 0 Å². The second kappa shape index (κ2) is 6.11. The van der Waals surface area contributed by atoms with E-state index in [2.05, 4.69) is 11.0 Å². The number of nitrogens with two attached hydrogens (primary N) is 1. The first kappa shape index (κ1) is 13.2. The summed E-state index contributed by atoms with van der Waals surface area (Å²) in [7, 11) is 0. The molecular formula is C16H20N2O2. The molecule has 1 aliphatic heterocycles. The molecule has 3 rings (SSSR count). The first-order valence-corrected chi connectivity index (χ1v) is 7.04. The van der Waals surface area contributed by atoms with Crippen LogP contribution in [0.5, 0.6) is 5.75 Å². The lowest BCUT2D eigenvalue weighted by atomic mass is 10.1. The van der Waals surface area contributed by atoms with E-state index in [0.29, 0.717) is 6.61 Å². The highest BCUT2D eigenvalue weighted by atomic mass is 16.5. The highest BCUT2D eigenvalue weighted by Crippen LogP contribution is 2.27. The molecule has 4 heteroatoms. The van der Waals surface area contributed by atoms with Crippen LogP contribution < -0.4 is 10.5 Å². The van der Waals surface area contributed by atoms with Gasteiger partial charge in [0.2, 0.25) is 0 Å². The van der Waals surface area contributed by atoms with Gasteiger partial charge in [0.1, 0.15) is 12.4 Å². The largest absolute Gasteiger partial charge is 0.492 e. The van der Waals surface area contributed by atoms with Crippen LogP contribution in [0.3, 0.4) is 0 Å².